The summed E-state index contributed by atoms with van der Waals surface area (Å²) >= 11 is 0. The van der Waals surface area contributed by atoms with E-state index in [-0.39, 0.29) is 0 Å². The second-order valence-electron chi connectivity index (χ2n) is 5.37. The van der Waals surface area contributed by atoms with Crippen LogP contribution in [0.25, 0.3) is 0 Å². The fraction of sp³-hybridized carbons (Fsp3) is 0.0952. The molecule has 0 saturated heterocycles. The third-order valence-corrected chi connectivity index (χ3v) is 4.12. The standard InChI is InChI=1S/C21H19O/c1-21(17-9-5-3-6-10-17,18-11-7-4-8-12-18)19-13-15-20(22-2)16-14-19/h3-16H,1H2,2H3. The van der Waals surface area contributed by atoms with Crippen LogP contribution in [-0.4, -0.2) is 7.11 Å². The van der Waals surface area contributed by atoms with Gasteiger partial charge in [-0.25, -0.2) is 0 Å². The summed E-state index contributed by atoms with van der Waals surface area (Å²) in [7, 11) is 1.68. The molecule has 0 amide bonds. The van der Waals surface area contributed by atoms with Crippen LogP contribution >= 0.6 is 0 Å². The van der Waals surface area contributed by atoms with Gasteiger partial charge < -0.3 is 4.74 Å². The molecule has 3 rings (SSSR count). The van der Waals surface area contributed by atoms with Gasteiger partial charge in [-0.15, -0.1) is 0 Å². The number of hydrogen-bond donors (Lipinski definition) is 0. The van der Waals surface area contributed by atoms with Crippen LogP contribution in [0.5, 0.6) is 5.75 Å². The summed E-state index contributed by atoms with van der Waals surface area (Å²) in [6.45, 7) is 4.59. The van der Waals surface area contributed by atoms with Crippen molar-refractivity contribution >= 4 is 0 Å². The van der Waals surface area contributed by atoms with Gasteiger partial charge >= 0.3 is 0 Å². The van der Waals surface area contributed by atoms with Crippen molar-refractivity contribution in [1.29, 1.82) is 0 Å². The smallest absolute Gasteiger partial charge is 0.118 e. The van der Waals surface area contributed by atoms with Crippen LogP contribution in [0, 0.1) is 6.92 Å². The van der Waals surface area contributed by atoms with E-state index in [9.17, 15) is 0 Å². The maximum absolute atomic E-state index is 5.27. The Hall–Kier alpha value is -2.54. The highest BCUT2D eigenvalue weighted by Crippen LogP contribution is 2.38. The minimum Gasteiger partial charge on any atom is -0.497 e. The van der Waals surface area contributed by atoms with Crippen LogP contribution in [0.1, 0.15) is 16.7 Å². The van der Waals surface area contributed by atoms with E-state index in [4.69, 9.17) is 4.74 Å². The lowest BCUT2D eigenvalue weighted by Crippen LogP contribution is -2.25. The molecule has 1 radical (unpaired) electrons. The normalized spacial score (nSPS) is 11.2. The van der Waals surface area contributed by atoms with Gasteiger partial charge in [0, 0.05) is 5.41 Å². The first kappa shape index (κ1) is 14.4. The van der Waals surface area contributed by atoms with Crippen molar-refractivity contribution < 1.29 is 4.74 Å². The third-order valence-electron chi connectivity index (χ3n) is 4.12. The van der Waals surface area contributed by atoms with Gasteiger partial charge in [-0.05, 0) is 35.7 Å². The average Bonchev–Trinajstić information content (AvgIpc) is 2.62. The highest BCUT2D eigenvalue weighted by atomic mass is 16.5. The van der Waals surface area contributed by atoms with Crippen LogP contribution in [0.2, 0.25) is 0 Å². The van der Waals surface area contributed by atoms with Crippen molar-refractivity contribution in [3.05, 3.63) is 109 Å². The lowest BCUT2D eigenvalue weighted by Gasteiger charge is -2.31. The third kappa shape index (κ3) is 2.50. The van der Waals surface area contributed by atoms with Crippen LogP contribution < -0.4 is 4.74 Å². The van der Waals surface area contributed by atoms with Crippen molar-refractivity contribution in [1.82, 2.24) is 0 Å². The van der Waals surface area contributed by atoms with E-state index in [1.165, 1.54) is 11.1 Å². The molecule has 0 heterocycles. The molecule has 0 atom stereocenters. The van der Waals surface area contributed by atoms with Crippen LogP contribution in [0.3, 0.4) is 0 Å². The molecule has 3 aromatic rings. The molecule has 3 aromatic carbocycles. The van der Waals surface area contributed by atoms with Gasteiger partial charge in [-0.1, -0.05) is 72.8 Å². The zero-order valence-electron chi connectivity index (χ0n) is 12.7. The van der Waals surface area contributed by atoms with Gasteiger partial charge in [0.25, 0.3) is 0 Å². The Labute approximate surface area is 132 Å². The van der Waals surface area contributed by atoms with Gasteiger partial charge in [0.15, 0.2) is 0 Å². The zero-order valence-corrected chi connectivity index (χ0v) is 12.7. The molecule has 0 aliphatic carbocycles. The highest BCUT2D eigenvalue weighted by molar-refractivity contribution is 5.52. The van der Waals surface area contributed by atoms with Crippen LogP contribution in [-0.2, 0) is 5.41 Å². The molecule has 1 nitrogen and oxygen atoms in total. The number of benzene rings is 3. The Kier molecular flexibility index (Phi) is 3.97. The molecule has 0 saturated carbocycles. The van der Waals surface area contributed by atoms with Gasteiger partial charge in [0.2, 0.25) is 0 Å². The monoisotopic (exact) mass is 287 g/mol. The molecular weight excluding hydrogens is 268 g/mol. The fourth-order valence-electron chi connectivity index (χ4n) is 2.82. The van der Waals surface area contributed by atoms with E-state index in [0.717, 1.165) is 11.3 Å². The topological polar surface area (TPSA) is 9.23 Å². The van der Waals surface area contributed by atoms with Gasteiger partial charge in [-0.2, -0.15) is 0 Å². The summed E-state index contributed by atoms with van der Waals surface area (Å²) in [5.41, 5.74) is 3.05. The minimum atomic E-state index is -0.436. The van der Waals surface area contributed by atoms with Crippen LogP contribution in [0.4, 0.5) is 0 Å². The molecule has 0 fully saturated rings. The van der Waals surface area contributed by atoms with Gasteiger partial charge in [0.1, 0.15) is 5.75 Å². The molecular formula is C21H19O. The van der Waals surface area contributed by atoms with E-state index in [1.807, 2.05) is 24.3 Å². The predicted octanol–water partition coefficient (Wildman–Crippen LogP) is 4.86. The van der Waals surface area contributed by atoms with Gasteiger partial charge in [0.05, 0.1) is 7.11 Å². The summed E-state index contributed by atoms with van der Waals surface area (Å²) in [4.78, 5) is 0. The van der Waals surface area contributed by atoms with Gasteiger partial charge in [-0.3, -0.25) is 0 Å². The summed E-state index contributed by atoms with van der Waals surface area (Å²) in [5.74, 6) is 0.854. The Morgan fingerprint density at radius 1 is 0.636 bits per heavy atom. The number of methoxy groups -OCH3 is 1. The Balaban J connectivity index is 2.18. The van der Waals surface area contributed by atoms with Crippen molar-refractivity contribution in [2.75, 3.05) is 7.11 Å². The van der Waals surface area contributed by atoms with E-state index in [0.29, 0.717) is 0 Å². The Morgan fingerprint density at radius 3 is 1.45 bits per heavy atom. The second kappa shape index (κ2) is 6.07. The first-order valence-electron chi connectivity index (χ1n) is 7.36. The lowest BCUT2D eigenvalue weighted by atomic mass is 9.71. The summed E-state index contributed by atoms with van der Waals surface area (Å²) in [6, 6.07) is 29.0. The second-order valence-corrected chi connectivity index (χ2v) is 5.37. The molecule has 0 N–H and O–H groups in total. The predicted molar refractivity (Wildman–Crippen MR) is 91.1 cm³/mol. The van der Waals surface area contributed by atoms with Crippen LogP contribution in [0.15, 0.2) is 84.9 Å². The summed E-state index contributed by atoms with van der Waals surface area (Å²) in [6.07, 6.45) is 0. The van der Waals surface area contributed by atoms with E-state index >= 15 is 0 Å². The van der Waals surface area contributed by atoms with E-state index < -0.39 is 5.41 Å². The minimum absolute atomic E-state index is 0.436. The summed E-state index contributed by atoms with van der Waals surface area (Å²) < 4.78 is 5.27. The Bertz CT molecular complexity index is 675. The molecule has 0 spiro atoms. The molecule has 0 unspecified atom stereocenters. The highest BCUT2D eigenvalue weighted by Gasteiger charge is 2.30. The largest absolute Gasteiger partial charge is 0.497 e. The van der Waals surface area contributed by atoms with E-state index in [2.05, 4.69) is 67.6 Å². The van der Waals surface area contributed by atoms with Crippen molar-refractivity contribution in [2.45, 2.75) is 5.41 Å². The fourth-order valence-corrected chi connectivity index (χ4v) is 2.82. The number of hydrogen-bond acceptors (Lipinski definition) is 1. The van der Waals surface area contributed by atoms with E-state index in [1.54, 1.807) is 7.11 Å². The molecule has 0 aliphatic heterocycles. The zero-order chi connectivity index (χ0) is 15.4. The maximum Gasteiger partial charge on any atom is 0.118 e. The first-order valence-corrected chi connectivity index (χ1v) is 7.36. The molecule has 1 heteroatoms. The van der Waals surface area contributed by atoms with Crippen molar-refractivity contribution in [2.24, 2.45) is 0 Å². The lowest BCUT2D eigenvalue weighted by molar-refractivity contribution is 0.414. The van der Waals surface area contributed by atoms with Crippen molar-refractivity contribution in [3.8, 4) is 5.75 Å². The summed E-state index contributed by atoms with van der Waals surface area (Å²) in [5, 5.41) is 0. The molecule has 0 aromatic heterocycles. The maximum atomic E-state index is 5.27. The first-order chi connectivity index (χ1) is 10.7. The number of ether oxygens (including phenoxy) is 1. The van der Waals surface area contributed by atoms with Crippen molar-refractivity contribution in [3.63, 3.8) is 0 Å². The molecule has 0 bridgehead atoms. The molecule has 109 valence electrons. The molecule has 22 heavy (non-hydrogen) atoms. The number of rotatable bonds is 4. The SMILES string of the molecule is [CH2]C(c1ccccc1)(c1ccccc1)c1ccc(OC)cc1. The quantitative estimate of drug-likeness (QED) is 0.622. The Morgan fingerprint density at radius 2 is 1.05 bits per heavy atom. The molecule has 0 aliphatic rings. The average molecular weight is 287 g/mol.